The van der Waals surface area contributed by atoms with Gasteiger partial charge in [-0.15, -0.1) is 0 Å². The van der Waals surface area contributed by atoms with E-state index in [0.29, 0.717) is 42.9 Å². The zero-order valence-corrected chi connectivity index (χ0v) is 30.4. The molecule has 0 radical (unpaired) electrons. The van der Waals surface area contributed by atoms with Crippen LogP contribution >= 0.6 is 0 Å². The molecule has 1 saturated heterocycles. The van der Waals surface area contributed by atoms with Gasteiger partial charge in [0.1, 0.15) is 6.04 Å². The van der Waals surface area contributed by atoms with E-state index in [9.17, 15) is 14.4 Å². The smallest absolute Gasteiger partial charge is 0.321 e. The third-order valence-electron chi connectivity index (χ3n) is 9.39. The fourth-order valence-electron chi connectivity index (χ4n) is 6.64. The highest BCUT2D eigenvalue weighted by atomic mass is 16.5. The number of carbonyl (C=O) groups excluding carboxylic acids is 3. The van der Waals surface area contributed by atoms with Gasteiger partial charge in [-0.2, -0.15) is 0 Å². The minimum absolute atomic E-state index is 0.0296. The van der Waals surface area contributed by atoms with E-state index in [2.05, 4.69) is 29.7 Å². The number of nitrogens with one attached hydrogen (secondary N) is 2. The van der Waals surface area contributed by atoms with E-state index in [1.54, 1.807) is 30.1 Å². The van der Waals surface area contributed by atoms with Crippen LogP contribution in [0.4, 0.5) is 16.2 Å². The number of ether oxygens (including phenoxy) is 1. The Morgan fingerprint density at radius 3 is 2.22 bits per heavy atom. The van der Waals surface area contributed by atoms with E-state index in [4.69, 9.17) is 4.74 Å². The van der Waals surface area contributed by atoms with Crippen molar-refractivity contribution in [3.63, 3.8) is 0 Å². The molecule has 268 valence electrons. The van der Waals surface area contributed by atoms with Gasteiger partial charge in [-0.25, -0.2) is 4.79 Å². The summed E-state index contributed by atoms with van der Waals surface area (Å²) in [4.78, 5) is 44.1. The number of hydrogen-bond donors (Lipinski definition) is 2. The fraction of sp³-hybridized carbons (Fsp3) is 0.372. The Bertz CT molecular complexity index is 1730. The molecule has 0 aromatic heterocycles. The maximum Gasteiger partial charge on any atom is 0.321 e. The van der Waals surface area contributed by atoms with Crippen molar-refractivity contribution in [3.8, 4) is 11.1 Å². The maximum absolute atomic E-state index is 14.2. The summed E-state index contributed by atoms with van der Waals surface area (Å²) in [5.74, 6) is -0.131. The number of unbranched alkanes of at least 4 members (excludes halogenated alkanes) is 4. The van der Waals surface area contributed by atoms with Crippen molar-refractivity contribution < 1.29 is 19.1 Å². The van der Waals surface area contributed by atoms with Gasteiger partial charge in [-0.3, -0.25) is 14.5 Å². The van der Waals surface area contributed by atoms with Gasteiger partial charge in [0.25, 0.3) is 0 Å². The van der Waals surface area contributed by atoms with Crippen LogP contribution < -0.4 is 15.5 Å². The third kappa shape index (κ3) is 10.3. The van der Waals surface area contributed by atoms with Gasteiger partial charge in [0.05, 0.1) is 12.2 Å². The lowest BCUT2D eigenvalue weighted by Crippen LogP contribution is -2.53. The van der Waals surface area contributed by atoms with Crippen LogP contribution in [-0.2, 0) is 16.0 Å². The molecule has 0 saturated carbocycles. The number of amides is 3. The summed E-state index contributed by atoms with van der Waals surface area (Å²) in [6, 6.07) is 32.0. The van der Waals surface area contributed by atoms with Gasteiger partial charge in [0, 0.05) is 55.6 Å². The molecule has 3 unspecified atom stereocenters. The van der Waals surface area contributed by atoms with Crippen molar-refractivity contribution in [2.75, 3.05) is 36.9 Å². The van der Waals surface area contributed by atoms with Gasteiger partial charge in [0.2, 0.25) is 5.91 Å². The second kappa shape index (κ2) is 18.3. The van der Waals surface area contributed by atoms with Crippen molar-refractivity contribution in [1.29, 1.82) is 0 Å². The molecule has 1 fully saturated rings. The summed E-state index contributed by atoms with van der Waals surface area (Å²) in [5, 5.41) is 6.52. The number of benzene rings is 4. The minimum Gasteiger partial charge on any atom is -0.373 e. The fourth-order valence-corrected chi connectivity index (χ4v) is 6.64. The first kappa shape index (κ1) is 37.3. The zero-order valence-electron chi connectivity index (χ0n) is 30.4. The number of nitrogens with zero attached hydrogens (tertiary/aromatic N) is 2. The van der Waals surface area contributed by atoms with Crippen molar-refractivity contribution >= 4 is 29.1 Å². The van der Waals surface area contributed by atoms with Crippen LogP contribution in [0.1, 0.15) is 74.4 Å². The Labute approximate surface area is 303 Å². The van der Waals surface area contributed by atoms with Gasteiger partial charge in [-0.05, 0) is 61.2 Å². The Morgan fingerprint density at radius 1 is 0.804 bits per heavy atom. The van der Waals surface area contributed by atoms with Crippen molar-refractivity contribution in [2.45, 2.75) is 77.5 Å². The Kier molecular flexibility index (Phi) is 13.4. The minimum atomic E-state index is -0.611. The highest BCUT2D eigenvalue weighted by Gasteiger charge is 2.31. The summed E-state index contributed by atoms with van der Waals surface area (Å²) >= 11 is 0. The molecule has 3 amide bonds. The van der Waals surface area contributed by atoms with Crippen molar-refractivity contribution in [3.05, 3.63) is 120 Å². The van der Waals surface area contributed by atoms with Gasteiger partial charge < -0.3 is 20.3 Å². The number of morpholine rings is 1. The van der Waals surface area contributed by atoms with Crippen molar-refractivity contribution in [1.82, 2.24) is 10.2 Å². The highest BCUT2D eigenvalue weighted by Crippen LogP contribution is 2.27. The molecule has 1 aliphatic rings. The van der Waals surface area contributed by atoms with Gasteiger partial charge >= 0.3 is 6.03 Å². The van der Waals surface area contributed by atoms with Crippen LogP contribution in [0.3, 0.4) is 0 Å². The number of rotatable bonds is 15. The van der Waals surface area contributed by atoms with E-state index in [1.165, 1.54) is 19.3 Å². The molecule has 1 heterocycles. The average Bonchev–Trinajstić information content (AvgIpc) is 3.15. The summed E-state index contributed by atoms with van der Waals surface area (Å²) < 4.78 is 5.92. The molecule has 2 N–H and O–H groups in total. The number of anilines is 2. The number of urea groups is 1. The first-order valence-electron chi connectivity index (χ1n) is 18.3. The van der Waals surface area contributed by atoms with Crippen LogP contribution in [0.5, 0.6) is 0 Å². The first-order valence-corrected chi connectivity index (χ1v) is 18.3. The van der Waals surface area contributed by atoms with Gasteiger partial charge in [0.15, 0.2) is 5.78 Å². The molecule has 3 atom stereocenters. The monoisotopic (exact) mass is 688 g/mol. The molecule has 4 aromatic carbocycles. The Balaban J connectivity index is 1.32. The largest absolute Gasteiger partial charge is 0.373 e. The van der Waals surface area contributed by atoms with Crippen LogP contribution in [0, 0.1) is 0 Å². The van der Waals surface area contributed by atoms with Crippen LogP contribution in [0.2, 0.25) is 0 Å². The molecular formula is C43H52N4O4. The van der Waals surface area contributed by atoms with Crippen LogP contribution in [0.25, 0.3) is 11.1 Å². The maximum atomic E-state index is 14.2. The van der Waals surface area contributed by atoms with Gasteiger partial charge in [-0.1, -0.05) is 111 Å². The Hall–Kier alpha value is -4.95. The number of hydrogen-bond acceptors (Lipinski definition) is 5. The quantitative estimate of drug-likeness (QED) is 0.0968. The molecular weight excluding hydrogens is 636 g/mol. The average molecular weight is 689 g/mol. The number of ketones is 1. The second-order valence-electron chi connectivity index (χ2n) is 13.6. The SMILES string of the molecule is CCCCCCCNC(=O)N(C)c1cccc(-c2ccc(CC(Nc3ccccc3C(=O)c3ccccc3)C(=O)N3CC(C)OC(C)C3)cc2)c1. The van der Waals surface area contributed by atoms with Crippen LogP contribution in [-0.4, -0.2) is 67.6 Å². The summed E-state index contributed by atoms with van der Waals surface area (Å²) in [7, 11) is 1.79. The number of para-hydroxylation sites is 1. The normalized spacial score (nSPS) is 16.3. The lowest BCUT2D eigenvalue weighted by atomic mass is 9.98. The lowest BCUT2D eigenvalue weighted by Gasteiger charge is -2.37. The third-order valence-corrected chi connectivity index (χ3v) is 9.39. The first-order chi connectivity index (χ1) is 24.7. The highest BCUT2D eigenvalue weighted by molar-refractivity contribution is 6.12. The molecule has 0 bridgehead atoms. The van der Waals surface area contributed by atoms with E-state index >= 15 is 0 Å². The second-order valence-corrected chi connectivity index (χ2v) is 13.6. The molecule has 8 heteroatoms. The topological polar surface area (TPSA) is 91.0 Å². The van der Waals surface area contributed by atoms with Crippen molar-refractivity contribution in [2.24, 2.45) is 0 Å². The summed E-state index contributed by atoms with van der Waals surface area (Å²) in [6.07, 6.45) is 6.03. The summed E-state index contributed by atoms with van der Waals surface area (Å²) in [5.41, 5.74) is 5.53. The molecule has 0 spiro atoms. The van der Waals surface area contributed by atoms with Crippen LogP contribution in [0.15, 0.2) is 103 Å². The van der Waals surface area contributed by atoms with E-state index in [1.807, 2.05) is 91.5 Å². The van der Waals surface area contributed by atoms with E-state index in [0.717, 1.165) is 35.2 Å². The molecule has 51 heavy (non-hydrogen) atoms. The molecule has 8 nitrogen and oxygen atoms in total. The summed E-state index contributed by atoms with van der Waals surface area (Å²) in [6.45, 7) is 7.85. The Morgan fingerprint density at radius 2 is 1.49 bits per heavy atom. The predicted molar refractivity (Wildman–Crippen MR) is 206 cm³/mol. The molecule has 4 aromatic rings. The number of carbonyl (C=O) groups is 3. The lowest BCUT2D eigenvalue weighted by molar-refractivity contribution is -0.144. The molecule has 0 aliphatic carbocycles. The van der Waals surface area contributed by atoms with E-state index < -0.39 is 6.04 Å². The van der Waals surface area contributed by atoms with E-state index in [-0.39, 0.29) is 29.9 Å². The standard InChI is InChI=1S/C43H52N4O4/c1-5-6-7-8-14-26-44-43(50)46(4)37-19-15-18-36(28-37)34-24-22-33(23-25-34)27-40(42(49)47-29-31(2)51-32(3)30-47)45-39-21-13-12-20-38(39)41(48)35-16-10-9-11-17-35/h9-13,15-25,28,31-32,40,45H,5-8,14,26-27,29-30H2,1-4H3,(H,44,50). The molecule has 1 aliphatic heterocycles. The molecule has 5 rings (SSSR count). The zero-order chi connectivity index (χ0) is 36.2. The predicted octanol–water partition coefficient (Wildman–Crippen LogP) is 8.36.